The molecule has 28 heavy (non-hydrogen) atoms. The summed E-state index contributed by atoms with van der Waals surface area (Å²) in [6.45, 7) is 10.8. The van der Waals surface area contributed by atoms with Crippen molar-refractivity contribution in [2.75, 3.05) is 10.6 Å². The summed E-state index contributed by atoms with van der Waals surface area (Å²) in [6, 6.07) is 18.3. The van der Waals surface area contributed by atoms with Gasteiger partial charge in [-0.15, -0.1) is 0 Å². The molecule has 3 rings (SSSR count). The summed E-state index contributed by atoms with van der Waals surface area (Å²) >= 11 is 0. The van der Waals surface area contributed by atoms with Crippen molar-refractivity contribution < 1.29 is 4.79 Å². The molecule has 0 fully saturated rings. The third-order valence-corrected chi connectivity index (χ3v) is 4.47. The van der Waals surface area contributed by atoms with Gasteiger partial charge in [0.2, 0.25) is 5.91 Å². The molecule has 0 radical (unpaired) electrons. The first-order valence-electron chi connectivity index (χ1n) is 9.50. The van der Waals surface area contributed by atoms with Crippen molar-refractivity contribution in [2.45, 2.75) is 46.6 Å². The van der Waals surface area contributed by atoms with Crippen LogP contribution < -0.4 is 10.6 Å². The molecular weight excluding hydrogens is 348 g/mol. The maximum atomic E-state index is 11.2. The number of nitrogens with zero attached hydrogens (tertiary/aromatic N) is 2. The average molecular weight is 377 g/mol. The Balaban J connectivity index is 1.84. The Labute approximate surface area is 166 Å². The third-order valence-electron chi connectivity index (χ3n) is 4.47. The molecule has 2 N–H and O–H groups in total. The number of rotatable bonds is 5. The van der Waals surface area contributed by atoms with Gasteiger partial charge >= 0.3 is 0 Å². The van der Waals surface area contributed by atoms with Gasteiger partial charge in [-0.1, -0.05) is 45.0 Å². The molecule has 0 saturated heterocycles. The molecule has 0 unspecified atom stereocenters. The van der Waals surface area contributed by atoms with Gasteiger partial charge in [0.1, 0.15) is 5.82 Å². The highest BCUT2D eigenvalue weighted by Gasteiger charge is 2.20. The lowest BCUT2D eigenvalue weighted by atomic mass is 9.92. The van der Waals surface area contributed by atoms with E-state index in [0.717, 1.165) is 28.5 Å². The first-order valence-corrected chi connectivity index (χ1v) is 9.50. The zero-order valence-electron chi connectivity index (χ0n) is 17.2. The lowest BCUT2D eigenvalue weighted by molar-refractivity contribution is -0.114. The normalized spacial score (nSPS) is 11.3. The number of amides is 1. The zero-order chi connectivity index (χ0) is 20.3. The number of aromatic nitrogens is 2. The molecule has 5 heteroatoms. The van der Waals surface area contributed by atoms with Crippen LogP contribution in [0.1, 0.15) is 44.5 Å². The molecule has 1 amide bonds. The Morgan fingerprint density at radius 1 is 1.07 bits per heavy atom. The number of aryl methyl sites for hydroxylation is 1. The Kier molecular flexibility index (Phi) is 5.54. The van der Waals surface area contributed by atoms with Crippen LogP contribution in [-0.4, -0.2) is 15.7 Å². The summed E-state index contributed by atoms with van der Waals surface area (Å²) in [6.07, 6.45) is 0. The smallest absolute Gasteiger partial charge is 0.221 e. The second-order valence-corrected chi connectivity index (χ2v) is 8.15. The zero-order valence-corrected chi connectivity index (χ0v) is 17.2. The number of carbonyl (C=O) groups excluding carboxylic acids is 1. The summed E-state index contributed by atoms with van der Waals surface area (Å²) in [5.74, 6) is 0.893. The molecule has 0 aliphatic heterocycles. The van der Waals surface area contributed by atoms with Crippen LogP contribution in [0.3, 0.4) is 0 Å². The van der Waals surface area contributed by atoms with E-state index >= 15 is 0 Å². The SMILES string of the molecule is CC(=O)Nc1ccc(CNc2cc(C(C)(C)C)nn2-c2cccc(C)c2)cc1. The van der Waals surface area contributed by atoms with Crippen molar-refractivity contribution in [1.29, 1.82) is 0 Å². The van der Waals surface area contributed by atoms with Gasteiger partial charge in [0.25, 0.3) is 0 Å². The van der Waals surface area contributed by atoms with Crippen LogP contribution in [-0.2, 0) is 16.8 Å². The number of nitrogens with one attached hydrogen (secondary N) is 2. The molecule has 5 nitrogen and oxygen atoms in total. The van der Waals surface area contributed by atoms with E-state index < -0.39 is 0 Å². The van der Waals surface area contributed by atoms with Gasteiger partial charge < -0.3 is 10.6 Å². The van der Waals surface area contributed by atoms with Crippen LogP contribution in [0.25, 0.3) is 5.69 Å². The van der Waals surface area contributed by atoms with E-state index in [1.807, 2.05) is 35.0 Å². The third kappa shape index (κ3) is 4.80. The number of hydrogen-bond donors (Lipinski definition) is 2. The van der Waals surface area contributed by atoms with Crippen LogP contribution in [0, 0.1) is 6.92 Å². The summed E-state index contributed by atoms with van der Waals surface area (Å²) in [7, 11) is 0. The molecule has 146 valence electrons. The molecule has 0 bridgehead atoms. The van der Waals surface area contributed by atoms with E-state index in [2.05, 4.69) is 62.6 Å². The van der Waals surface area contributed by atoms with Crippen LogP contribution in [0.5, 0.6) is 0 Å². The summed E-state index contributed by atoms with van der Waals surface area (Å²) in [5, 5.41) is 11.2. The van der Waals surface area contributed by atoms with Crippen molar-refractivity contribution in [3.05, 3.63) is 71.4 Å². The monoisotopic (exact) mass is 376 g/mol. The lowest BCUT2D eigenvalue weighted by Crippen LogP contribution is -2.12. The van der Waals surface area contributed by atoms with E-state index in [1.165, 1.54) is 12.5 Å². The highest BCUT2D eigenvalue weighted by Crippen LogP contribution is 2.27. The van der Waals surface area contributed by atoms with Gasteiger partial charge in [-0.2, -0.15) is 5.10 Å². The molecule has 1 aromatic heterocycles. The largest absolute Gasteiger partial charge is 0.366 e. The second kappa shape index (κ2) is 7.89. The fourth-order valence-corrected chi connectivity index (χ4v) is 2.93. The minimum absolute atomic E-state index is 0.0362. The van der Waals surface area contributed by atoms with Crippen molar-refractivity contribution >= 4 is 17.4 Å². The minimum atomic E-state index is -0.0670. The molecule has 1 heterocycles. The molecule has 0 spiro atoms. The fourth-order valence-electron chi connectivity index (χ4n) is 2.93. The number of carbonyl (C=O) groups is 1. The van der Waals surface area contributed by atoms with Crippen molar-refractivity contribution in [3.8, 4) is 5.69 Å². The van der Waals surface area contributed by atoms with Crippen LogP contribution in [0.2, 0.25) is 0 Å². The molecule has 0 aliphatic rings. The molecule has 2 aromatic carbocycles. The first kappa shape index (κ1) is 19.7. The Bertz CT molecular complexity index is 965. The Morgan fingerprint density at radius 3 is 2.39 bits per heavy atom. The number of hydrogen-bond acceptors (Lipinski definition) is 3. The van der Waals surface area contributed by atoms with Gasteiger partial charge in [0.15, 0.2) is 0 Å². The average Bonchev–Trinajstić information content (AvgIpc) is 3.05. The van der Waals surface area contributed by atoms with Gasteiger partial charge in [0, 0.05) is 30.6 Å². The topological polar surface area (TPSA) is 59.0 Å². The first-order chi connectivity index (χ1) is 13.2. The number of benzene rings is 2. The van der Waals surface area contributed by atoms with Gasteiger partial charge in [-0.3, -0.25) is 4.79 Å². The Hall–Kier alpha value is -3.08. The highest BCUT2D eigenvalue weighted by atomic mass is 16.1. The van der Waals surface area contributed by atoms with Crippen LogP contribution in [0.15, 0.2) is 54.6 Å². The second-order valence-electron chi connectivity index (χ2n) is 8.15. The number of anilines is 2. The lowest BCUT2D eigenvalue weighted by Gasteiger charge is -2.14. The Morgan fingerprint density at radius 2 is 1.79 bits per heavy atom. The fraction of sp³-hybridized carbons (Fsp3) is 0.304. The van der Waals surface area contributed by atoms with Crippen LogP contribution in [0.4, 0.5) is 11.5 Å². The van der Waals surface area contributed by atoms with Crippen molar-refractivity contribution in [3.63, 3.8) is 0 Å². The van der Waals surface area contributed by atoms with Crippen LogP contribution >= 0.6 is 0 Å². The van der Waals surface area contributed by atoms with Crippen molar-refractivity contribution in [2.24, 2.45) is 0 Å². The summed E-state index contributed by atoms with van der Waals surface area (Å²) < 4.78 is 1.97. The molecule has 0 aliphatic carbocycles. The van der Waals surface area contributed by atoms with Gasteiger partial charge in [-0.05, 0) is 42.3 Å². The predicted octanol–water partition coefficient (Wildman–Crippen LogP) is 5.05. The predicted molar refractivity (Wildman–Crippen MR) is 115 cm³/mol. The van der Waals surface area contributed by atoms with Crippen molar-refractivity contribution in [1.82, 2.24) is 9.78 Å². The molecule has 0 saturated carbocycles. The quantitative estimate of drug-likeness (QED) is 0.655. The molecule has 0 atom stereocenters. The maximum Gasteiger partial charge on any atom is 0.221 e. The standard InChI is InChI=1S/C23H28N4O/c1-16-7-6-8-20(13-16)27-22(14-21(26-27)23(3,4)5)24-15-18-9-11-19(12-10-18)25-17(2)28/h6-14,24H,15H2,1-5H3,(H,25,28). The molecule has 3 aromatic rings. The van der Waals surface area contributed by atoms with Gasteiger partial charge in [-0.25, -0.2) is 4.68 Å². The molecular formula is C23H28N4O. The summed E-state index contributed by atoms with van der Waals surface area (Å²) in [4.78, 5) is 11.2. The van der Waals surface area contributed by atoms with E-state index in [0.29, 0.717) is 6.54 Å². The van der Waals surface area contributed by atoms with E-state index in [-0.39, 0.29) is 11.3 Å². The minimum Gasteiger partial charge on any atom is -0.366 e. The van der Waals surface area contributed by atoms with E-state index in [1.54, 1.807) is 0 Å². The van der Waals surface area contributed by atoms with E-state index in [9.17, 15) is 4.79 Å². The maximum absolute atomic E-state index is 11.2. The van der Waals surface area contributed by atoms with E-state index in [4.69, 9.17) is 5.10 Å². The van der Waals surface area contributed by atoms with Gasteiger partial charge in [0.05, 0.1) is 11.4 Å². The highest BCUT2D eigenvalue weighted by molar-refractivity contribution is 5.88. The summed E-state index contributed by atoms with van der Waals surface area (Å²) in [5.41, 5.74) is 5.17.